The number of carbonyl (C=O) groups is 1. The van der Waals surface area contributed by atoms with Crippen LogP contribution in [0.1, 0.15) is 6.92 Å². The van der Waals surface area contributed by atoms with Gasteiger partial charge in [-0.3, -0.25) is 9.69 Å². The van der Waals surface area contributed by atoms with E-state index in [1.165, 1.54) is 30.2 Å². The van der Waals surface area contributed by atoms with Crippen LogP contribution in [0.25, 0.3) is 0 Å². The Morgan fingerprint density at radius 3 is 2.23 bits per heavy atom. The highest BCUT2D eigenvalue weighted by atomic mass is 16.2. The average Bonchev–Trinajstić information content (AvgIpc) is 2.81. The smallest absolute Gasteiger partial charge is 0.279 e. The topological polar surface area (TPSA) is 58.6 Å². The summed E-state index contributed by atoms with van der Waals surface area (Å²) in [7, 11) is 0. The summed E-state index contributed by atoms with van der Waals surface area (Å²) in [5.41, 5.74) is 2.14. The average molecular weight is 412 g/mol. The van der Waals surface area contributed by atoms with E-state index in [0.717, 1.165) is 50.8 Å². The van der Waals surface area contributed by atoms with Gasteiger partial charge in [0, 0.05) is 17.4 Å². The van der Waals surface area contributed by atoms with Crippen molar-refractivity contribution in [2.45, 2.75) is 6.92 Å². The Hall–Kier alpha value is -2.64. The van der Waals surface area contributed by atoms with E-state index in [0.29, 0.717) is 6.54 Å². The van der Waals surface area contributed by atoms with Crippen molar-refractivity contribution in [3.8, 4) is 0 Å². The van der Waals surface area contributed by atoms with Gasteiger partial charge in [-0.2, -0.15) is 0 Å². The summed E-state index contributed by atoms with van der Waals surface area (Å²) in [5.74, 6) is 1.25. The summed E-state index contributed by atoms with van der Waals surface area (Å²) >= 11 is 0. The minimum absolute atomic E-state index is 0.0950. The molecule has 1 aromatic carbocycles. The highest BCUT2D eigenvalue weighted by Crippen LogP contribution is 2.17. The van der Waals surface area contributed by atoms with E-state index < -0.39 is 0 Å². The van der Waals surface area contributed by atoms with Crippen LogP contribution in [0.3, 0.4) is 0 Å². The molecule has 7 heteroatoms. The Kier molecular flexibility index (Phi) is 6.81. The number of hydrogen-bond donors (Lipinski definition) is 3. The van der Waals surface area contributed by atoms with E-state index in [-0.39, 0.29) is 5.91 Å². The molecule has 3 heterocycles. The van der Waals surface area contributed by atoms with Crippen LogP contribution in [0.2, 0.25) is 0 Å². The molecule has 0 saturated carbocycles. The van der Waals surface area contributed by atoms with Crippen LogP contribution in [0.15, 0.2) is 48.7 Å². The highest BCUT2D eigenvalue weighted by Gasteiger charge is 2.27. The number of H-pyrrole nitrogens is 1. The van der Waals surface area contributed by atoms with Gasteiger partial charge >= 0.3 is 0 Å². The molecule has 0 bridgehead atoms. The first kappa shape index (κ1) is 20.6. The van der Waals surface area contributed by atoms with Crippen molar-refractivity contribution in [1.29, 1.82) is 0 Å². The summed E-state index contributed by atoms with van der Waals surface area (Å²) in [6, 6.07) is 14.5. The van der Waals surface area contributed by atoms with Gasteiger partial charge in [-0.1, -0.05) is 6.07 Å². The van der Waals surface area contributed by atoms with E-state index in [2.05, 4.69) is 51.3 Å². The predicted octanol–water partition coefficient (Wildman–Crippen LogP) is -1.43. The fourth-order valence-corrected chi connectivity index (χ4v) is 4.44. The van der Waals surface area contributed by atoms with Gasteiger partial charge < -0.3 is 20.0 Å². The van der Waals surface area contributed by atoms with Crippen molar-refractivity contribution in [3.05, 3.63) is 48.7 Å². The minimum Gasteiger partial charge on any atom is -0.360 e. The second-order valence-corrected chi connectivity index (χ2v) is 8.35. The summed E-state index contributed by atoms with van der Waals surface area (Å²) in [6.45, 7) is 12.5. The summed E-state index contributed by atoms with van der Waals surface area (Å²) < 4.78 is 0. The number of quaternary nitrogens is 2. The first-order chi connectivity index (χ1) is 14.7. The predicted molar refractivity (Wildman–Crippen MR) is 119 cm³/mol. The standard InChI is InChI=1S/C23H32N6O/c1-2-26-11-15-28(16-12-26)21-8-6-20(7-9-21)25-23(30)19-27-13-17-29(18-14-27)22-5-3-4-10-24-22/h3-10H,2,11-19H2,1H3,(H,25,30)/p+3. The normalized spacial score (nSPS) is 18.4. The van der Waals surface area contributed by atoms with Gasteiger partial charge in [-0.05, 0) is 37.3 Å². The third-order valence-electron chi connectivity index (χ3n) is 6.40. The van der Waals surface area contributed by atoms with Gasteiger partial charge in [-0.15, -0.1) is 0 Å². The third kappa shape index (κ3) is 5.29. The van der Waals surface area contributed by atoms with Crippen LogP contribution in [0.5, 0.6) is 0 Å². The molecule has 0 spiro atoms. The van der Waals surface area contributed by atoms with E-state index in [4.69, 9.17) is 0 Å². The lowest BCUT2D eigenvalue weighted by Gasteiger charge is -2.33. The molecule has 0 atom stereocenters. The van der Waals surface area contributed by atoms with Gasteiger partial charge in [-0.25, -0.2) is 4.98 Å². The Labute approximate surface area is 179 Å². The van der Waals surface area contributed by atoms with Gasteiger partial charge in [0.05, 0.1) is 38.9 Å². The number of nitrogens with zero attached hydrogens (tertiary/aromatic N) is 2. The second-order valence-electron chi connectivity index (χ2n) is 8.35. The molecule has 160 valence electrons. The molecule has 1 aromatic heterocycles. The maximum Gasteiger partial charge on any atom is 0.279 e. The zero-order valence-electron chi connectivity index (χ0n) is 18.0. The first-order valence-corrected chi connectivity index (χ1v) is 11.2. The summed E-state index contributed by atoms with van der Waals surface area (Å²) in [6.07, 6.45) is 1.96. The number of pyridine rings is 1. The Morgan fingerprint density at radius 1 is 0.933 bits per heavy atom. The Bertz CT molecular complexity index is 796. The lowest BCUT2D eigenvalue weighted by molar-refractivity contribution is -0.898. The Balaban J connectivity index is 1.22. The maximum atomic E-state index is 12.5. The molecule has 4 N–H and O–H groups in total. The number of aromatic amines is 1. The van der Waals surface area contributed by atoms with E-state index in [1.807, 2.05) is 24.4 Å². The number of hydrogen-bond acceptors (Lipinski definition) is 3. The zero-order chi connectivity index (χ0) is 20.8. The SMILES string of the molecule is CC[NH+]1CCN(c2ccc(NC(=O)C[NH+]3CCN(c4cccc[nH+]4)CC3)cc2)CC1. The van der Waals surface area contributed by atoms with Crippen molar-refractivity contribution >= 4 is 23.1 Å². The van der Waals surface area contributed by atoms with Crippen molar-refractivity contribution in [2.24, 2.45) is 0 Å². The number of likely N-dealkylation sites (N-methyl/N-ethyl adjacent to an activating group) is 1. The summed E-state index contributed by atoms with van der Waals surface area (Å²) in [4.78, 5) is 23.6. The quantitative estimate of drug-likeness (QED) is 0.546. The molecule has 0 unspecified atom stereocenters. The fraction of sp³-hybridized carbons (Fsp3) is 0.478. The van der Waals surface area contributed by atoms with Crippen molar-refractivity contribution in [3.63, 3.8) is 0 Å². The Morgan fingerprint density at radius 2 is 1.60 bits per heavy atom. The molecule has 0 radical (unpaired) electrons. The largest absolute Gasteiger partial charge is 0.360 e. The van der Waals surface area contributed by atoms with Crippen LogP contribution in [-0.2, 0) is 4.79 Å². The monoisotopic (exact) mass is 411 g/mol. The van der Waals surface area contributed by atoms with Gasteiger partial charge in [0.1, 0.15) is 26.2 Å². The molecule has 2 aliphatic heterocycles. The molecule has 0 aliphatic carbocycles. The number of nitrogens with one attached hydrogen (secondary N) is 4. The third-order valence-corrected chi connectivity index (χ3v) is 6.40. The molecular formula is C23H35N6O+3. The number of carbonyl (C=O) groups excluding carboxylic acids is 1. The number of benzene rings is 1. The molecule has 4 rings (SSSR count). The van der Waals surface area contributed by atoms with Gasteiger partial charge in [0.2, 0.25) is 0 Å². The van der Waals surface area contributed by atoms with Crippen LogP contribution >= 0.6 is 0 Å². The van der Waals surface area contributed by atoms with Crippen LogP contribution in [0.4, 0.5) is 17.2 Å². The molecule has 1 amide bonds. The van der Waals surface area contributed by atoms with Crippen LogP contribution in [-0.4, -0.2) is 71.4 Å². The van der Waals surface area contributed by atoms with E-state index in [9.17, 15) is 4.79 Å². The van der Waals surface area contributed by atoms with E-state index in [1.54, 1.807) is 4.90 Å². The molecule has 30 heavy (non-hydrogen) atoms. The number of piperazine rings is 2. The number of amides is 1. The molecule has 7 nitrogen and oxygen atoms in total. The molecule has 2 aliphatic rings. The number of rotatable bonds is 6. The van der Waals surface area contributed by atoms with Crippen molar-refractivity contribution in [1.82, 2.24) is 0 Å². The van der Waals surface area contributed by atoms with E-state index >= 15 is 0 Å². The molecule has 2 fully saturated rings. The maximum absolute atomic E-state index is 12.5. The summed E-state index contributed by atoms with van der Waals surface area (Å²) in [5, 5.41) is 3.08. The number of anilines is 3. The van der Waals surface area contributed by atoms with Gasteiger partial charge in [0.25, 0.3) is 11.7 Å². The van der Waals surface area contributed by atoms with Crippen molar-refractivity contribution < 1.29 is 19.6 Å². The van der Waals surface area contributed by atoms with Crippen LogP contribution in [0, 0.1) is 0 Å². The highest BCUT2D eigenvalue weighted by molar-refractivity contribution is 5.91. The van der Waals surface area contributed by atoms with Gasteiger partial charge in [0.15, 0.2) is 6.54 Å². The second kappa shape index (κ2) is 9.91. The zero-order valence-corrected chi connectivity index (χ0v) is 18.0. The fourth-order valence-electron chi connectivity index (χ4n) is 4.44. The first-order valence-electron chi connectivity index (χ1n) is 11.2. The minimum atomic E-state index is 0.0950. The lowest BCUT2D eigenvalue weighted by Crippen LogP contribution is -3.15. The molecule has 2 saturated heterocycles. The number of aromatic nitrogens is 1. The molecule has 2 aromatic rings. The lowest BCUT2D eigenvalue weighted by atomic mass is 10.2. The molecular weight excluding hydrogens is 376 g/mol. The van der Waals surface area contributed by atoms with Crippen LogP contribution < -0.4 is 29.9 Å². The van der Waals surface area contributed by atoms with Crippen molar-refractivity contribution in [2.75, 3.05) is 80.6 Å².